The third kappa shape index (κ3) is 16.8. The molecule has 1 amide bonds. The summed E-state index contributed by atoms with van der Waals surface area (Å²) in [6.45, 7) is 0.669. The van der Waals surface area contributed by atoms with Crippen LogP contribution in [0.4, 0.5) is 17.7 Å². The summed E-state index contributed by atoms with van der Waals surface area (Å²) in [5.41, 5.74) is -0.584. The minimum absolute atomic E-state index is 0. The Morgan fingerprint density at radius 2 is 1.76 bits per heavy atom. The van der Waals surface area contributed by atoms with Gasteiger partial charge in [0, 0.05) is 6.54 Å². The number of hydrogen-bond acceptors (Lipinski definition) is 2. The topological polar surface area (TPSA) is 38.3 Å². The molecule has 0 saturated carbocycles. The number of carbonyl (C=O) groups excluding carboxylic acids is 1. The first-order valence-corrected chi connectivity index (χ1v) is 5.28. The summed E-state index contributed by atoms with van der Waals surface area (Å²) in [5.74, 6) is 0. The van der Waals surface area contributed by atoms with Gasteiger partial charge in [-0.2, -0.15) is 0 Å². The molecule has 0 rings (SSSR count). The Bertz CT molecular complexity index is 231. The van der Waals surface area contributed by atoms with Crippen LogP contribution in [0.5, 0.6) is 0 Å². The first-order chi connectivity index (χ1) is 7.10. The van der Waals surface area contributed by atoms with Crippen molar-refractivity contribution >= 4 is 13.1 Å². The van der Waals surface area contributed by atoms with Gasteiger partial charge >= 0.3 is 64.5 Å². The summed E-state index contributed by atoms with van der Waals surface area (Å²) in [6, 6.07) is 0. The third-order valence-corrected chi connectivity index (χ3v) is 1.63. The first kappa shape index (κ1) is 20.1. The Kier molecular flexibility index (Phi) is 10.4. The van der Waals surface area contributed by atoms with E-state index in [1.165, 1.54) is 0 Å². The molecule has 0 aromatic carbocycles. The van der Waals surface area contributed by atoms with E-state index >= 15 is 0 Å². The maximum absolute atomic E-state index is 11.8. The van der Waals surface area contributed by atoms with Gasteiger partial charge in [0.1, 0.15) is 5.60 Å². The van der Waals surface area contributed by atoms with Crippen LogP contribution >= 0.6 is 0 Å². The molecule has 0 radical (unpaired) electrons. The van der Waals surface area contributed by atoms with Crippen molar-refractivity contribution in [2.75, 3.05) is 6.54 Å². The smallest absolute Gasteiger partial charge is 0.449 e. The van der Waals surface area contributed by atoms with Gasteiger partial charge in [0.05, 0.1) is 0 Å². The number of alkyl carbamates (subject to hydrolysis) is 1. The number of ether oxygens (including phenoxy) is 1. The number of rotatable bonds is 5. The minimum Gasteiger partial charge on any atom is -0.449 e. The van der Waals surface area contributed by atoms with E-state index in [-0.39, 0.29) is 64.4 Å². The van der Waals surface area contributed by atoms with Gasteiger partial charge in [-0.25, -0.2) is 4.79 Å². The average molecular weight is 279 g/mol. The number of unbranched alkanes of at least 4 members (excludes halogenated alkanes) is 1. The van der Waals surface area contributed by atoms with Crippen LogP contribution in [-0.2, 0) is 4.74 Å². The Morgan fingerprint density at radius 3 is 2.18 bits per heavy atom. The molecular formula is C9H18BF3KNO2. The Balaban J connectivity index is 0. The third-order valence-electron chi connectivity index (χ3n) is 1.63. The number of nitrogens with one attached hydrogen (secondary N) is 1. The molecule has 0 spiro atoms. The summed E-state index contributed by atoms with van der Waals surface area (Å²) < 4.78 is 40.4. The Hall–Kier alpha value is 0.761. The molecule has 0 heterocycles. The normalized spacial score (nSPS) is 11.6. The van der Waals surface area contributed by atoms with Gasteiger partial charge in [-0.05, 0) is 27.2 Å². The summed E-state index contributed by atoms with van der Waals surface area (Å²) in [7, 11) is 0. The number of hydrogen-bond donors (Lipinski definition) is 1. The molecule has 3 nitrogen and oxygen atoms in total. The van der Waals surface area contributed by atoms with Crippen LogP contribution in [0.25, 0.3) is 0 Å². The summed E-state index contributed by atoms with van der Waals surface area (Å²) >= 11 is 0. The van der Waals surface area contributed by atoms with Crippen molar-refractivity contribution in [3.05, 3.63) is 0 Å². The van der Waals surface area contributed by atoms with Crippen molar-refractivity contribution in [2.45, 2.75) is 45.5 Å². The largest absolute Gasteiger partial charge is 1.00 e. The zero-order valence-corrected chi connectivity index (χ0v) is 14.0. The van der Waals surface area contributed by atoms with E-state index < -0.39 is 25.0 Å². The zero-order chi connectivity index (χ0) is 12.8. The first-order valence-electron chi connectivity index (χ1n) is 5.28. The van der Waals surface area contributed by atoms with Crippen molar-refractivity contribution in [1.82, 2.24) is 5.32 Å². The number of amides is 1. The van der Waals surface area contributed by atoms with Crippen LogP contribution in [0, 0.1) is 0 Å². The van der Waals surface area contributed by atoms with Crippen LogP contribution in [0.2, 0.25) is 6.32 Å². The van der Waals surface area contributed by atoms with Gasteiger partial charge in [0.25, 0.3) is 0 Å². The zero-order valence-electron chi connectivity index (χ0n) is 10.9. The van der Waals surface area contributed by atoms with Gasteiger partial charge in [-0.15, -0.1) is 0 Å². The summed E-state index contributed by atoms with van der Waals surface area (Å²) in [4.78, 5) is 11.1. The monoisotopic (exact) mass is 279 g/mol. The Morgan fingerprint density at radius 1 is 1.24 bits per heavy atom. The molecule has 0 aromatic heterocycles. The van der Waals surface area contributed by atoms with E-state index in [0.717, 1.165) is 0 Å². The van der Waals surface area contributed by atoms with Crippen molar-refractivity contribution in [3.8, 4) is 0 Å². The molecule has 0 aliphatic carbocycles. The maximum atomic E-state index is 11.8. The van der Waals surface area contributed by atoms with Crippen molar-refractivity contribution in [3.63, 3.8) is 0 Å². The second-order valence-electron chi connectivity index (χ2n) is 4.63. The fraction of sp³-hybridized carbons (Fsp3) is 0.889. The molecule has 17 heavy (non-hydrogen) atoms. The van der Waals surface area contributed by atoms with Gasteiger partial charge in [-0.3, -0.25) is 0 Å². The predicted molar refractivity (Wildman–Crippen MR) is 57.4 cm³/mol. The molecule has 0 aliphatic rings. The van der Waals surface area contributed by atoms with Gasteiger partial charge in [0.15, 0.2) is 0 Å². The summed E-state index contributed by atoms with van der Waals surface area (Å²) in [6.07, 6.45) is -1.000. The van der Waals surface area contributed by atoms with Crippen molar-refractivity contribution < 1.29 is 73.9 Å². The minimum atomic E-state index is -4.70. The van der Waals surface area contributed by atoms with Crippen molar-refractivity contribution in [1.29, 1.82) is 0 Å². The van der Waals surface area contributed by atoms with E-state index in [1.54, 1.807) is 20.8 Å². The van der Waals surface area contributed by atoms with Crippen LogP contribution in [0.3, 0.4) is 0 Å². The molecule has 0 aliphatic heterocycles. The van der Waals surface area contributed by atoms with Crippen molar-refractivity contribution in [2.24, 2.45) is 0 Å². The standard InChI is InChI=1S/C9H18BF3NO2.K/c1-9(2,3)16-8(15)14-7-5-4-6-10(11,12)13;/h4-7H2,1-3H3,(H,14,15);/q-1;+1. The van der Waals surface area contributed by atoms with Crippen LogP contribution in [0.1, 0.15) is 33.6 Å². The molecule has 0 aromatic rings. The Labute approximate surface area is 143 Å². The SMILES string of the molecule is CC(C)(C)OC(=O)NCCCC[B-](F)(F)F.[K+]. The van der Waals surface area contributed by atoms with Crippen LogP contribution in [-0.4, -0.2) is 25.2 Å². The van der Waals surface area contributed by atoms with Gasteiger partial charge in [0.2, 0.25) is 0 Å². The van der Waals surface area contributed by atoms with Gasteiger partial charge < -0.3 is 23.0 Å². The molecule has 0 saturated heterocycles. The summed E-state index contributed by atoms with van der Waals surface area (Å²) in [5, 5.41) is 2.40. The molecule has 0 bridgehead atoms. The molecule has 1 N–H and O–H groups in total. The molecule has 0 atom stereocenters. The quantitative estimate of drug-likeness (QED) is 0.574. The van der Waals surface area contributed by atoms with Gasteiger partial charge in [-0.1, -0.05) is 12.7 Å². The molecule has 8 heteroatoms. The second kappa shape index (κ2) is 8.79. The fourth-order valence-electron chi connectivity index (χ4n) is 1.01. The molecule has 96 valence electrons. The number of halogens is 3. The molecule has 0 fully saturated rings. The average Bonchev–Trinajstić information content (AvgIpc) is 1.97. The van der Waals surface area contributed by atoms with E-state index in [2.05, 4.69) is 5.32 Å². The van der Waals surface area contributed by atoms with E-state index in [1.807, 2.05) is 0 Å². The van der Waals surface area contributed by atoms with E-state index in [4.69, 9.17) is 4.74 Å². The van der Waals surface area contributed by atoms with E-state index in [0.29, 0.717) is 6.42 Å². The predicted octanol–water partition coefficient (Wildman–Crippen LogP) is 0.143. The van der Waals surface area contributed by atoms with Crippen LogP contribution in [0.15, 0.2) is 0 Å². The van der Waals surface area contributed by atoms with E-state index in [9.17, 15) is 17.7 Å². The fourth-order valence-corrected chi connectivity index (χ4v) is 1.01. The molecular weight excluding hydrogens is 261 g/mol. The number of carbonyl (C=O) groups is 1. The maximum Gasteiger partial charge on any atom is 1.00 e. The molecule has 0 unspecified atom stereocenters. The van der Waals surface area contributed by atoms with Crippen LogP contribution < -0.4 is 56.7 Å². The second-order valence-corrected chi connectivity index (χ2v) is 4.63.